The van der Waals surface area contributed by atoms with E-state index < -0.39 is 0 Å². The lowest BCUT2D eigenvalue weighted by molar-refractivity contribution is 0.101. The minimum Gasteiger partial charge on any atom is -0.369 e. The van der Waals surface area contributed by atoms with Crippen LogP contribution in [0.3, 0.4) is 0 Å². The SMILES string of the molecule is CC(=O)c1c(C)nsc1NCc1cnc(C)cn1. The number of anilines is 1. The molecule has 0 saturated carbocycles. The number of rotatable bonds is 4. The molecule has 2 aromatic rings. The van der Waals surface area contributed by atoms with Crippen LogP contribution in [0.15, 0.2) is 12.4 Å². The van der Waals surface area contributed by atoms with Crippen LogP contribution < -0.4 is 5.32 Å². The Morgan fingerprint density at radius 2 is 2.11 bits per heavy atom. The highest BCUT2D eigenvalue weighted by Gasteiger charge is 2.14. The molecule has 0 radical (unpaired) electrons. The molecule has 0 fully saturated rings. The van der Waals surface area contributed by atoms with Gasteiger partial charge in [-0.25, -0.2) is 0 Å². The van der Waals surface area contributed by atoms with Gasteiger partial charge in [0.15, 0.2) is 5.78 Å². The smallest absolute Gasteiger partial charge is 0.164 e. The first kappa shape index (κ1) is 12.6. The molecular weight excluding hydrogens is 248 g/mol. The molecule has 0 aliphatic rings. The molecule has 0 saturated heterocycles. The number of carbonyl (C=O) groups excluding carboxylic acids is 1. The Labute approximate surface area is 109 Å². The number of ketones is 1. The van der Waals surface area contributed by atoms with Crippen LogP contribution in [0.25, 0.3) is 0 Å². The maximum Gasteiger partial charge on any atom is 0.164 e. The van der Waals surface area contributed by atoms with E-state index in [1.165, 1.54) is 11.5 Å². The van der Waals surface area contributed by atoms with Crippen LogP contribution in [-0.4, -0.2) is 20.1 Å². The molecule has 2 rings (SSSR count). The standard InChI is InChI=1S/C12H14N4OS/c1-7-4-14-10(5-13-7)6-15-12-11(9(3)17)8(2)16-18-12/h4-5,15H,6H2,1-3H3. The fraction of sp³-hybridized carbons (Fsp3) is 0.333. The zero-order valence-corrected chi connectivity index (χ0v) is 11.3. The van der Waals surface area contributed by atoms with E-state index in [1.807, 2.05) is 13.8 Å². The zero-order valence-electron chi connectivity index (χ0n) is 10.5. The maximum absolute atomic E-state index is 11.5. The number of aromatic nitrogens is 3. The average Bonchev–Trinajstić information content (AvgIpc) is 2.70. The van der Waals surface area contributed by atoms with Crippen molar-refractivity contribution in [3.05, 3.63) is 35.0 Å². The lowest BCUT2D eigenvalue weighted by Crippen LogP contribution is -2.05. The molecule has 1 N–H and O–H groups in total. The van der Waals surface area contributed by atoms with Crippen molar-refractivity contribution in [3.8, 4) is 0 Å². The summed E-state index contributed by atoms with van der Waals surface area (Å²) >= 11 is 1.30. The monoisotopic (exact) mass is 262 g/mol. The average molecular weight is 262 g/mol. The van der Waals surface area contributed by atoms with E-state index in [9.17, 15) is 4.79 Å². The lowest BCUT2D eigenvalue weighted by atomic mass is 10.2. The Bertz CT molecular complexity index is 562. The molecule has 6 heteroatoms. The molecule has 0 spiro atoms. The Balaban J connectivity index is 2.11. The van der Waals surface area contributed by atoms with Crippen molar-refractivity contribution in [1.29, 1.82) is 0 Å². The topological polar surface area (TPSA) is 67.8 Å². The highest BCUT2D eigenvalue weighted by atomic mass is 32.1. The van der Waals surface area contributed by atoms with Crippen molar-refractivity contribution in [2.45, 2.75) is 27.3 Å². The van der Waals surface area contributed by atoms with E-state index in [4.69, 9.17) is 0 Å². The van der Waals surface area contributed by atoms with Crippen LogP contribution in [0, 0.1) is 13.8 Å². The van der Waals surface area contributed by atoms with Gasteiger partial charge in [-0.1, -0.05) is 0 Å². The largest absolute Gasteiger partial charge is 0.369 e. The van der Waals surface area contributed by atoms with Gasteiger partial charge in [0, 0.05) is 6.20 Å². The second-order valence-corrected chi connectivity index (χ2v) is 4.80. The number of hydrogen-bond acceptors (Lipinski definition) is 6. The van der Waals surface area contributed by atoms with Gasteiger partial charge in [-0.15, -0.1) is 0 Å². The molecule has 0 bridgehead atoms. The van der Waals surface area contributed by atoms with Gasteiger partial charge in [-0.2, -0.15) is 4.37 Å². The maximum atomic E-state index is 11.5. The van der Waals surface area contributed by atoms with Gasteiger partial charge in [-0.3, -0.25) is 14.8 Å². The summed E-state index contributed by atoms with van der Waals surface area (Å²) in [4.78, 5) is 19.9. The predicted molar refractivity (Wildman–Crippen MR) is 71.0 cm³/mol. The second kappa shape index (κ2) is 5.22. The Kier molecular flexibility index (Phi) is 3.66. The molecule has 94 valence electrons. The van der Waals surface area contributed by atoms with Gasteiger partial charge in [0.1, 0.15) is 5.00 Å². The van der Waals surface area contributed by atoms with E-state index in [0.29, 0.717) is 12.1 Å². The van der Waals surface area contributed by atoms with Crippen molar-refractivity contribution in [1.82, 2.24) is 14.3 Å². The molecule has 0 aromatic carbocycles. The van der Waals surface area contributed by atoms with Crippen LogP contribution >= 0.6 is 11.5 Å². The first-order valence-corrected chi connectivity index (χ1v) is 6.34. The van der Waals surface area contributed by atoms with Gasteiger partial charge in [0.2, 0.25) is 0 Å². The predicted octanol–water partition coefficient (Wildman–Crippen LogP) is 2.36. The van der Waals surface area contributed by atoms with Gasteiger partial charge < -0.3 is 5.32 Å². The summed E-state index contributed by atoms with van der Waals surface area (Å²) in [5.41, 5.74) is 3.16. The number of hydrogen-bond donors (Lipinski definition) is 1. The van der Waals surface area contributed by atoms with Crippen LogP contribution in [0.4, 0.5) is 5.00 Å². The summed E-state index contributed by atoms with van der Waals surface area (Å²) in [6, 6.07) is 0. The molecular formula is C12H14N4OS. The molecule has 0 amide bonds. The summed E-state index contributed by atoms with van der Waals surface area (Å²) in [5.74, 6) is 0.0266. The van der Waals surface area contributed by atoms with E-state index in [0.717, 1.165) is 22.1 Å². The molecule has 0 atom stereocenters. The van der Waals surface area contributed by atoms with E-state index in [2.05, 4.69) is 19.7 Å². The van der Waals surface area contributed by atoms with Crippen LogP contribution in [-0.2, 0) is 6.54 Å². The lowest BCUT2D eigenvalue weighted by Gasteiger charge is -2.04. The van der Waals surface area contributed by atoms with Crippen molar-refractivity contribution in [3.63, 3.8) is 0 Å². The second-order valence-electron chi connectivity index (χ2n) is 4.03. The third kappa shape index (κ3) is 2.70. The first-order valence-electron chi connectivity index (χ1n) is 5.56. The number of nitrogens with zero attached hydrogens (tertiary/aromatic N) is 3. The van der Waals surface area contributed by atoms with Gasteiger partial charge in [0.25, 0.3) is 0 Å². The van der Waals surface area contributed by atoms with Crippen molar-refractivity contribution in [2.75, 3.05) is 5.32 Å². The number of Topliss-reactive ketones (excluding diaryl/α,β-unsaturated/α-hetero) is 1. The zero-order chi connectivity index (χ0) is 13.1. The molecule has 18 heavy (non-hydrogen) atoms. The normalized spacial score (nSPS) is 10.4. The Morgan fingerprint density at radius 3 is 2.72 bits per heavy atom. The quantitative estimate of drug-likeness (QED) is 0.857. The summed E-state index contributed by atoms with van der Waals surface area (Å²) in [7, 11) is 0. The molecule has 2 heterocycles. The minimum atomic E-state index is 0.0266. The Morgan fingerprint density at radius 1 is 1.33 bits per heavy atom. The molecule has 2 aromatic heterocycles. The fourth-order valence-corrected chi connectivity index (χ4v) is 2.43. The number of nitrogens with one attached hydrogen (secondary N) is 1. The third-order valence-electron chi connectivity index (χ3n) is 2.48. The van der Waals surface area contributed by atoms with Crippen LogP contribution in [0.1, 0.15) is 34.4 Å². The highest BCUT2D eigenvalue weighted by molar-refractivity contribution is 7.10. The summed E-state index contributed by atoms with van der Waals surface area (Å²) in [5, 5.41) is 3.98. The fourth-order valence-electron chi connectivity index (χ4n) is 1.59. The van der Waals surface area contributed by atoms with Gasteiger partial charge >= 0.3 is 0 Å². The number of aryl methyl sites for hydroxylation is 2. The van der Waals surface area contributed by atoms with E-state index in [1.54, 1.807) is 19.3 Å². The Hall–Kier alpha value is -1.82. The minimum absolute atomic E-state index is 0.0266. The summed E-state index contributed by atoms with van der Waals surface area (Å²) in [6.07, 6.45) is 3.45. The van der Waals surface area contributed by atoms with Crippen molar-refractivity contribution in [2.24, 2.45) is 0 Å². The third-order valence-corrected chi connectivity index (χ3v) is 3.38. The highest BCUT2D eigenvalue weighted by Crippen LogP contribution is 2.25. The van der Waals surface area contributed by atoms with E-state index in [-0.39, 0.29) is 5.78 Å². The van der Waals surface area contributed by atoms with Crippen LogP contribution in [0.5, 0.6) is 0 Å². The van der Waals surface area contributed by atoms with Crippen molar-refractivity contribution >= 4 is 22.3 Å². The van der Waals surface area contributed by atoms with Crippen molar-refractivity contribution < 1.29 is 4.79 Å². The van der Waals surface area contributed by atoms with E-state index >= 15 is 0 Å². The molecule has 5 nitrogen and oxygen atoms in total. The number of carbonyl (C=O) groups is 1. The molecule has 0 unspecified atom stereocenters. The van der Waals surface area contributed by atoms with Crippen LogP contribution in [0.2, 0.25) is 0 Å². The summed E-state index contributed by atoms with van der Waals surface area (Å²) < 4.78 is 4.19. The van der Waals surface area contributed by atoms with Gasteiger partial charge in [0.05, 0.1) is 35.4 Å². The van der Waals surface area contributed by atoms with Gasteiger partial charge in [-0.05, 0) is 32.3 Å². The summed E-state index contributed by atoms with van der Waals surface area (Å²) in [6.45, 7) is 5.82. The molecule has 0 aliphatic heterocycles. The molecule has 0 aliphatic carbocycles. The first-order chi connectivity index (χ1) is 8.58.